The molecule has 0 saturated carbocycles. The fourth-order valence-electron chi connectivity index (χ4n) is 9.75. The van der Waals surface area contributed by atoms with Crippen molar-refractivity contribution in [2.24, 2.45) is 0 Å². The number of ether oxygens (including phenoxy) is 1. The summed E-state index contributed by atoms with van der Waals surface area (Å²) in [5.41, 5.74) is 11.0. The van der Waals surface area contributed by atoms with Gasteiger partial charge in [0.15, 0.2) is 0 Å². The van der Waals surface area contributed by atoms with E-state index in [1.54, 1.807) is 42.5 Å². The van der Waals surface area contributed by atoms with Gasteiger partial charge in [-0.1, -0.05) is 54.5 Å². The van der Waals surface area contributed by atoms with Crippen LogP contribution in [0.15, 0.2) is 200 Å². The number of hydrogen-bond acceptors (Lipinski definition) is 4. The molecule has 0 unspecified atom stereocenters. The van der Waals surface area contributed by atoms with Crippen molar-refractivity contribution in [1.82, 2.24) is 14.1 Å². The van der Waals surface area contributed by atoms with Gasteiger partial charge in [-0.15, -0.1) is 0 Å². The Balaban J connectivity index is 1.02. The number of aromatic nitrogens is 3. The molecular formula is C60H48BN5OPt. The maximum atomic E-state index is 9.21. The summed E-state index contributed by atoms with van der Waals surface area (Å²) in [6.07, 6.45) is 0. The molecule has 0 bridgehead atoms. The Labute approximate surface area is 423 Å². The minimum Gasteiger partial charge on any atom is -0.0601 e. The first-order valence-corrected chi connectivity index (χ1v) is 23.5. The van der Waals surface area contributed by atoms with E-state index in [-0.39, 0.29) is 52.3 Å². The first-order chi connectivity index (χ1) is 37.2. The number of fused-ring (bicyclic) bond motifs is 9. The molecule has 0 amide bonds. The van der Waals surface area contributed by atoms with Gasteiger partial charge in [0, 0.05) is 11.3 Å². The summed E-state index contributed by atoms with van der Waals surface area (Å²) < 4.78 is 99.4. The molecule has 0 saturated heterocycles. The number of rotatable bonds is 7. The van der Waals surface area contributed by atoms with Crippen molar-refractivity contribution >= 4 is 46.4 Å². The molecule has 2 aromatic heterocycles. The Morgan fingerprint density at radius 3 is 2.01 bits per heavy atom. The molecule has 2 aliphatic rings. The van der Waals surface area contributed by atoms with Crippen LogP contribution in [0.5, 0.6) is 11.6 Å². The van der Waals surface area contributed by atoms with Crippen LogP contribution in [-0.2, 0) is 24.8 Å². The van der Waals surface area contributed by atoms with Gasteiger partial charge in [-0.05, 0) is 17.7 Å². The number of nitrogens with zero attached hydrogens (tertiary/aromatic N) is 5. The maximum absolute atomic E-state index is 9.21. The van der Waals surface area contributed by atoms with Gasteiger partial charge in [-0.3, -0.25) is 0 Å². The van der Waals surface area contributed by atoms with Crippen LogP contribution in [0.2, 0.25) is 0 Å². The van der Waals surface area contributed by atoms with E-state index in [2.05, 4.69) is 69.0 Å². The van der Waals surface area contributed by atoms with Crippen LogP contribution in [0.3, 0.4) is 0 Å². The molecule has 0 fully saturated rings. The smallest absolute Gasteiger partial charge is 0.0601 e. The first-order valence-electron chi connectivity index (χ1n) is 27.4. The van der Waals surface area contributed by atoms with Crippen LogP contribution in [0.1, 0.15) is 51.2 Å². The number of imidazole rings is 1. The summed E-state index contributed by atoms with van der Waals surface area (Å²) in [4.78, 5) is 9.05. The Morgan fingerprint density at radius 1 is 0.588 bits per heavy atom. The molecule has 2 aliphatic heterocycles. The second-order valence-corrected chi connectivity index (χ2v) is 19.1. The van der Waals surface area contributed by atoms with Gasteiger partial charge in [-0.25, -0.2) is 0 Å². The van der Waals surface area contributed by atoms with Gasteiger partial charge in [0.25, 0.3) is 0 Å². The summed E-state index contributed by atoms with van der Waals surface area (Å²) >= 11 is 2.30. The van der Waals surface area contributed by atoms with E-state index in [1.807, 2.05) is 123 Å². The van der Waals surface area contributed by atoms with Crippen LogP contribution in [0.4, 0.5) is 22.9 Å². The summed E-state index contributed by atoms with van der Waals surface area (Å²) in [7, 11) is 0. The molecule has 8 aromatic carbocycles. The van der Waals surface area contributed by atoms with Crippen molar-refractivity contribution in [3.05, 3.63) is 221 Å². The monoisotopic (exact) mass is 1070 g/mol. The van der Waals surface area contributed by atoms with Gasteiger partial charge in [0.1, 0.15) is 0 Å². The van der Waals surface area contributed by atoms with Crippen molar-refractivity contribution < 1.29 is 37.8 Å². The molecule has 332 valence electrons. The molecule has 0 radical (unpaired) electrons. The van der Waals surface area contributed by atoms with Crippen LogP contribution < -0.4 is 19.8 Å². The summed E-state index contributed by atoms with van der Waals surface area (Å²) in [5, 5.41) is 0. The Morgan fingerprint density at radius 2 is 1.26 bits per heavy atom. The third-order valence-corrected chi connectivity index (χ3v) is 13.9. The Kier molecular flexibility index (Phi) is 7.78. The predicted octanol–water partition coefficient (Wildman–Crippen LogP) is 14.6. The number of benzene rings is 8. The fraction of sp³-hybridized carbons (Fsp3) is 0.100. The molecular weight excluding hydrogens is 1010 g/mol. The molecule has 0 atom stereocenters. The second-order valence-electron chi connectivity index (χ2n) is 18.0. The summed E-state index contributed by atoms with van der Waals surface area (Å²) in [6, 6.07) is 54.2. The van der Waals surface area contributed by atoms with Gasteiger partial charge in [-0.2, -0.15) is 0 Å². The molecule has 6 nitrogen and oxygen atoms in total. The molecule has 10 aromatic rings. The normalized spacial score (nSPS) is 15.3. The van der Waals surface area contributed by atoms with Crippen LogP contribution in [-0.4, -0.2) is 21.1 Å². The van der Waals surface area contributed by atoms with Gasteiger partial charge in [0.2, 0.25) is 0 Å². The second kappa shape index (κ2) is 16.4. The number of pyridine rings is 1. The first kappa shape index (κ1) is 32.3. The zero-order chi connectivity index (χ0) is 54.7. The standard InChI is InChI=1S/C60H48BN5O.Pt/c1-40-36-48(42-18-7-6-8-19-42)59(49(37-40)43-31-33-44(34-32-43)60(3,4)5)64-39-63(52-24-13-14-25-53(52)64)45-35-30-41(2)56(38-45)67-58-29-17-28-57(62-58)66-55-27-16-15-26-54(55)65-51-23-12-10-21-47(51)46-20-9-11-22-50(46)61(65)66;/h6-38H,1-5H3;/i1D3,2D3,10D,12D,21D,23D;. The average molecular weight is 1070 g/mol. The molecule has 0 N–H and O–H groups in total. The minimum atomic E-state index is -2.60. The van der Waals surface area contributed by atoms with E-state index in [0.717, 1.165) is 50.1 Å². The van der Waals surface area contributed by atoms with Crippen molar-refractivity contribution in [3.63, 3.8) is 0 Å². The van der Waals surface area contributed by atoms with E-state index < -0.39 is 20.7 Å². The van der Waals surface area contributed by atoms with Crippen LogP contribution in [0, 0.1) is 17.5 Å². The Hall–Kier alpha value is -7.47. The number of para-hydroxylation sites is 5. The zero-order valence-electron chi connectivity index (χ0n) is 47.3. The molecule has 0 spiro atoms. The number of anilines is 4. The van der Waals surface area contributed by atoms with Crippen molar-refractivity contribution in [2.45, 2.75) is 39.9 Å². The van der Waals surface area contributed by atoms with E-state index in [4.69, 9.17) is 22.1 Å². The fourth-order valence-corrected chi connectivity index (χ4v) is 10.8. The van der Waals surface area contributed by atoms with Gasteiger partial charge < -0.3 is 0 Å². The van der Waals surface area contributed by atoms with Gasteiger partial charge >= 0.3 is 336 Å². The van der Waals surface area contributed by atoms with Gasteiger partial charge in [0.05, 0.1) is 5.48 Å². The van der Waals surface area contributed by atoms with E-state index >= 15 is 0 Å². The zero-order valence-corrected chi connectivity index (χ0v) is 39.6. The van der Waals surface area contributed by atoms with Crippen molar-refractivity contribution in [3.8, 4) is 56.4 Å². The molecule has 0 aliphatic carbocycles. The minimum absolute atomic E-state index is 0.0322. The predicted molar refractivity (Wildman–Crippen MR) is 277 cm³/mol. The summed E-state index contributed by atoms with van der Waals surface area (Å²) in [5.74, 6) is 0.622. The van der Waals surface area contributed by atoms with Crippen LogP contribution in [0.25, 0.3) is 55.8 Å². The quantitative estimate of drug-likeness (QED) is 0.149. The van der Waals surface area contributed by atoms with E-state index in [0.29, 0.717) is 43.4 Å². The third-order valence-electron chi connectivity index (χ3n) is 12.9. The molecule has 12 rings (SSSR count). The molecule has 8 heteroatoms. The third kappa shape index (κ3) is 6.90. The Bertz CT molecular complexity index is 4130. The van der Waals surface area contributed by atoms with E-state index in [9.17, 15) is 1.37 Å². The topological polar surface area (TPSA) is 38.5 Å². The molecule has 68 heavy (non-hydrogen) atoms. The van der Waals surface area contributed by atoms with Crippen molar-refractivity contribution in [1.29, 1.82) is 0 Å². The average Bonchev–Trinajstić information content (AvgIpc) is 3.74. The molecule has 4 heterocycles. The number of hydrogen-bond donors (Lipinski definition) is 0. The summed E-state index contributed by atoms with van der Waals surface area (Å²) in [6.45, 7) is 0.829. The van der Waals surface area contributed by atoms with Crippen molar-refractivity contribution in [2.75, 3.05) is 9.62 Å². The SMILES string of the molecule is [2H]c1c([2H])c([2H])c2c(c1[2H])-c1ccccc1B1N(c3cccc(Oc4cc(-n5[c](=[Pt])n(-c6c(-c7ccccc7)cc(C([2H])([2H])[2H])cc6-c6ccc(C(C)(C)C)cc6)c6ccccc65)ccc4C([2H])([2H])[2H])n3)c3ccccc3N12. The van der Waals surface area contributed by atoms with Crippen LogP contribution >= 0.6 is 0 Å². The van der Waals surface area contributed by atoms with E-state index in [1.165, 1.54) is 0 Å². The number of aryl methyl sites for hydroxylation is 2.